The van der Waals surface area contributed by atoms with Crippen molar-refractivity contribution in [3.8, 4) is 0 Å². The van der Waals surface area contributed by atoms with E-state index in [-0.39, 0.29) is 5.92 Å². The van der Waals surface area contributed by atoms with Crippen LogP contribution >= 0.6 is 23.5 Å². The van der Waals surface area contributed by atoms with E-state index in [2.05, 4.69) is 13.6 Å². The first-order chi connectivity index (χ1) is 13.1. The highest BCUT2D eigenvalue weighted by Gasteiger charge is 2.60. The van der Waals surface area contributed by atoms with E-state index in [4.69, 9.17) is 19.2 Å². The lowest BCUT2D eigenvalue weighted by atomic mass is 10.1. The molecular formula is C12H17N2O12P3. The second-order valence-corrected chi connectivity index (χ2v) is 11.2. The number of H-pyrrole nitrogens is 1. The summed E-state index contributed by atoms with van der Waals surface area (Å²) in [5.41, 5.74) is -1.56. The third-order valence-electron chi connectivity index (χ3n) is 4.60. The first-order valence-corrected chi connectivity index (χ1v) is 12.5. The minimum atomic E-state index is -5.58. The number of phosphoric acid groups is 3. The van der Waals surface area contributed by atoms with Gasteiger partial charge in [0.1, 0.15) is 0 Å². The SMILES string of the molecule is Cc1cn(C2C=C[C@]3(COP(=O)(O)OP(=O)(O)OP(=O)(O)O)C[C@H]23)c(=O)[nH]c1=O. The summed E-state index contributed by atoms with van der Waals surface area (Å²) in [6.07, 6.45) is 5.16. The Bertz CT molecular complexity index is 1120. The molecule has 3 rings (SSSR count). The Balaban J connectivity index is 1.66. The van der Waals surface area contributed by atoms with Crippen LogP contribution in [0.1, 0.15) is 18.0 Å². The molecule has 14 nitrogen and oxygen atoms in total. The van der Waals surface area contributed by atoms with E-state index in [1.54, 1.807) is 12.2 Å². The van der Waals surface area contributed by atoms with E-state index in [1.165, 1.54) is 17.7 Å². The van der Waals surface area contributed by atoms with E-state index >= 15 is 0 Å². The molecule has 29 heavy (non-hydrogen) atoms. The Morgan fingerprint density at radius 3 is 2.41 bits per heavy atom. The number of hydrogen-bond donors (Lipinski definition) is 5. The Kier molecular flexibility index (Phi) is 5.60. The van der Waals surface area contributed by atoms with Gasteiger partial charge in [-0.25, -0.2) is 18.5 Å². The third kappa shape index (κ3) is 5.12. The van der Waals surface area contributed by atoms with Gasteiger partial charge in [-0.3, -0.25) is 18.9 Å². The standard InChI is InChI=1S/C12H17N2O12P3/c1-7-5-14(11(16)13-10(7)15)9-2-3-12(4-8(9)12)6-24-28(20,21)26-29(22,23)25-27(17,18)19/h2-3,5,8-9H,4,6H2,1H3,(H,20,21)(H,22,23)(H,13,15,16)(H2,17,18,19)/t8-,9?,12-/m1/s1. The quantitative estimate of drug-likeness (QED) is 0.254. The van der Waals surface area contributed by atoms with Crippen LogP contribution in [-0.4, -0.2) is 35.7 Å². The van der Waals surface area contributed by atoms with Crippen LogP contribution in [0.5, 0.6) is 0 Å². The summed E-state index contributed by atoms with van der Waals surface area (Å²) in [4.78, 5) is 61.4. The summed E-state index contributed by atoms with van der Waals surface area (Å²) in [5, 5.41) is 0. The number of hydrogen-bond acceptors (Lipinski definition) is 8. The topological polar surface area (TPSA) is 215 Å². The Labute approximate surface area is 162 Å². The summed E-state index contributed by atoms with van der Waals surface area (Å²) < 4.78 is 47.1. The molecule has 0 bridgehead atoms. The van der Waals surface area contributed by atoms with Crippen LogP contribution in [-0.2, 0) is 26.8 Å². The number of fused-ring (bicyclic) bond motifs is 1. The van der Waals surface area contributed by atoms with Crippen LogP contribution in [0.25, 0.3) is 0 Å². The number of nitrogens with zero attached hydrogens (tertiary/aromatic N) is 1. The average Bonchev–Trinajstić information content (AvgIpc) is 3.12. The fraction of sp³-hybridized carbons (Fsp3) is 0.500. The summed E-state index contributed by atoms with van der Waals surface area (Å²) in [6, 6.07) is -0.442. The van der Waals surface area contributed by atoms with Crippen molar-refractivity contribution in [2.24, 2.45) is 11.3 Å². The van der Waals surface area contributed by atoms with Crippen molar-refractivity contribution in [3.63, 3.8) is 0 Å². The van der Waals surface area contributed by atoms with Gasteiger partial charge in [-0.15, -0.1) is 0 Å². The molecule has 162 valence electrons. The van der Waals surface area contributed by atoms with Crippen LogP contribution < -0.4 is 11.2 Å². The first-order valence-electron chi connectivity index (χ1n) is 7.93. The molecule has 0 aromatic carbocycles. The van der Waals surface area contributed by atoms with Gasteiger partial charge < -0.3 is 19.6 Å². The molecule has 1 saturated carbocycles. The molecule has 1 heterocycles. The molecular weight excluding hydrogens is 457 g/mol. The predicted molar refractivity (Wildman–Crippen MR) is 94.6 cm³/mol. The highest BCUT2D eigenvalue weighted by Crippen LogP contribution is 2.69. The van der Waals surface area contributed by atoms with Crippen LogP contribution in [0.4, 0.5) is 0 Å². The zero-order chi connectivity index (χ0) is 21.8. The first kappa shape index (κ1) is 22.5. The minimum Gasteiger partial charge on any atom is -0.302 e. The van der Waals surface area contributed by atoms with Crippen molar-refractivity contribution in [1.29, 1.82) is 0 Å². The number of nitrogens with one attached hydrogen (secondary N) is 1. The van der Waals surface area contributed by atoms with Gasteiger partial charge in [-0.05, 0) is 19.3 Å². The molecule has 0 aliphatic heterocycles. The van der Waals surface area contributed by atoms with Gasteiger partial charge in [0.25, 0.3) is 5.56 Å². The zero-order valence-corrected chi connectivity index (χ0v) is 17.3. The number of aromatic nitrogens is 2. The highest BCUT2D eigenvalue weighted by molar-refractivity contribution is 7.66. The molecule has 2 aliphatic carbocycles. The van der Waals surface area contributed by atoms with E-state index in [0.29, 0.717) is 12.0 Å². The Morgan fingerprint density at radius 2 is 1.83 bits per heavy atom. The van der Waals surface area contributed by atoms with E-state index in [0.717, 1.165) is 0 Å². The van der Waals surface area contributed by atoms with Crippen LogP contribution in [0.3, 0.4) is 0 Å². The molecule has 5 N–H and O–H groups in total. The van der Waals surface area contributed by atoms with Gasteiger partial charge in [0.2, 0.25) is 0 Å². The number of phosphoric ester groups is 1. The number of aromatic amines is 1. The molecule has 17 heteroatoms. The average molecular weight is 474 g/mol. The zero-order valence-electron chi connectivity index (χ0n) is 14.6. The maximum absolute atomic E-state index is 12.0. The lowest BCUT2D eigenvalue weighted by molar-refractivity contribution is 0.154. The smallest absolute Gasteiger partial charge is 0.302 e. The molecule has 2 aliphatic rings. The molecule has 5 atom stereocenters. The van der Waals surface area contributed by atoms with E-state index in [9.17, 15) is 28.2 Å². The molecule has 0 amide bonds. The maximum Gasteiger partial charge on any atom is 0.490 e. The fourth-order valence-electron chi connectivity index (χ4n) is 3.24. The molecule has 0 radical (unpaired) electrons. The Hall–Kier alpha value is -1.17. The van der Waals surface area contributed by atoms with Crippen molar-refractivity contribution < 1.29 is 46.4 Å². The summed E-state index contributed by atoms with van der Waals surface area (Å²) >= 11 is 0. The largest absolute Gasteiger partial charge is 0.490 e. The molecule has 1 aromatic heterocycles. The van der Waals surface area contributed by atoms with E-state index < -0.39 is 52.8 Å². The van der Waals surface area contributed by atoms with Gasteiger partial charge in [-0.2, -0.15) is 8.62 Å². The van der Waals surface area contributed by atoms with Crippen LogP contribution in [0.15, 0.2) is 27.9 Å². The molecule has 0 spiro atoms. The van der Waals surface area contributed by atoms with Gasteiger partial charge in [0.05, 0.1) is 12.6 Å². The number of allylic oxidation sites excluding steroid dienone is 1. The van der Waals surface area contributed by atoms with Crippen LogP contribution in [0.2, 0.25) is 0 Å². The highest BCUT2D eigenvalue weighted by atomic mass is 31.3. The Morgan fingerprint density at radius 1 is 1.17 bits per heavy atom. The monoisotopic (exact) mass is 474 g/mol. The summed E-state index contributed by atoms with van der Waals surface area (Å²) in [7, 11) is -16.3. The van der Waals surface area contributed by atoms with Crippen molar-refractivity contribution in [2.45, 2.75) is 19.4 Å². The second kappa shape index (κ2) is 7.21. The lowest BCUT2D eigenvalue weighted by Gasteiger charge is -2.18. The lowest BCUT2D eigenvalue weighted by Crippen LogP contribution is -2.33. The molecule has 1 fully saturated rings. The van der Waals surface area contributed by atoms with Gasteiger partial charge >= 0.3 is 29.2 Å². The van der Waals surface area contributed by atoms with Crippen molar-refractivity contribution in [3.05, 3.63) is 44.8 Å². The number of rotatable bonds is 8. The minimum absolute atomic E-state index is 0.210. The van der Waals surface area contributed by atoms with Gasteiger partial charge in [0.15, 0.2) is 0 Å². The van der Waals surface area contributed by atoms with Gasteiger partial charge in [0, 0.05) is 17.2 Å². The van der Waals surface area contributed by atoms with Crippen molar-refractivity contribution in [2.75, 3.05) is 6.61 Å². The van der Waals surface area contributed by atoms with Crippen molar-refractivity contribution >= 4 is 23.5 Å². The summed E-state index contributed by atoms with van der Waals surface area (Å²) in [6.45, 7) is 1.09. The normalized spacial score (nSPS) is 29.8. The molecule has 1 aromatic rings. The maximum atomic E-state index is 12.0. The second-order valence-electron chi connectivity index (χ2n) is 6.74. The third-order valence-corrected chi connectivity index (χ3v) is 8.38. The van der Waals surface area contributed by atoms with Gasteiger partial charge in [-0.1, -0.05) is 12.2 Å². The predicted octanol–water partition coefficient (Wildman–Crippen LogP) is 0.306. The van der Waals surface area contributed by atoms with Crippen molar-refractivity contribution in [1.82, 2.24) is 9.55 Å². The van der Waals surface area contributed by atoms with E-state index in [1.807, 2.05) is 0 Å². The molecule has 0 saturated heterocycles. The molecule has 3 unspecified atom stereocenters. The van der Waals surface area contributed by atoms with Crippen LogP contribution in [0, 0.1) is 18.3 Å². The summed E-state index contributed by atoms with van der Waals surface area (Å²) in [5.74, 6) is -0.210. The fourth-order valence-corrected chi connectivity index (χ4v) is 6.34. The number of aryl methyl sites for hydroxylation is 1.